The molecule has 1 aliphatic heterocycles. The zero-order valence-electron chi connectivity index (χ0n) is 11.9. The molecule has 1 fully saturated rings. The third kappa shape index (κ3) is 1.75. The maximum absolute atomic E-state index is 11.9. The molecule has 1 aromatic rings. The van der Waals surface area contributed by atoms with Crippen molar-refractivity contribution in [1.82, 2.24) is 0 Å². The van der Waals surface area contributed by atoms with Crippen molar-refractivity contribution in [2.24, 2.45) is 5.92 Å². The van der Waals surface area contributed by atoms with Gasteiger partial charge in [-0.25, -0.2) is 4.79 Å². The third-order valence-corrected chi connectivity index (χ3v) is 4.93. The minimum absolute atomic E-state index is 0.0749. The number of aryl methyl sites for hydroxylation is 1. The van der Waals surface area contributed by atoms with Crippen LogP contribution in [0.25, 0.3) is 6.08 Å². The van der Waals surface area contributed by atoms with Crippen LogP contribution in [-0.4, -0.2) is 12.6 Å². The smallest absolute Gasteiger partial charge is 0.345 e. The SMILES string of the molecule is Cc1cc2c(c(=O)o1)C=C[C@]1(CCCC[C@H]1C)N2C. The number of nitrogens with zero attached hydrogens (tertiary/aromatic N) is 1. The predicted molar refractivity (Wildman–Crippen MR) is 77.5 cm³/mol. The number of likely N-dealkylation sites (N-methyl/N-ethyl adjacent to an activating group) is 1. The molecule has 0 unspecified atom stereocenters. The fourth-order valence-electron chi connectivity index (χ4n) is 3.70. The van der Waals surface area contributed by atoms with Crippen LogP contribution < -0.4 is 10.5 Å². The highest BCUT2D eigenvalue weighted by atomic mass is 16.4. The van der Waals surface area contributed by atoms with E-state index >= 15 is 0 Å². The quantitative estimate of drug-likeness (QED) is 0.716. The van der Waals surface area contributed by atoms with Gasteiger partial charge in [0.25, 0.3) is 0 Å². The van der Waals surface area contributed by atoms with Crippen LogP contribution in [0.3, 0.4) is 0 Å². The molecule has 102 valence electrons. The molecule has 3 nitrogen and oxygen atoms in total. The van der Waals surface area contributed by atoms with Crippen molar-refractivity contribution >= 4 is 11.8 Å². The van der Waals surface area contributed by atoms with Gasteiger partial charge in [-0.3, -0.25) is 0 Å². The Bertz CT molecular complexity index is 587. The van der Waals surface area contributed by atoms with E-state index in [9.17, 15) is 4.79 Å². The topological polar surface area (TPSA) is 33.5 Å². The highest BCUT2D eigenvalue weighted by molar-refractivity contribution is 5.73. The first kappa shape index (κ1) is 12.5. The first-order valence-electron chi connectivity index (χ1n) is 7.12. The number of hydrogen-bond acceptors (Lipinski definition) is 3. The van der Waals surface area contributed by atoms with E-state index in [4.69, 9.17) is 4.42 Å². The van der Waals surface area contributed by atoms with Gasteiger partial charge in [-0.05, 0) is 31.8 Å². The maximum Gasteiger partial charge on any atom is 0.345 e. The Kier molecular flexibility index (Phi) is 2.80. The fraction of sp³-hybridized carbons (Fsp3) is 0.562. The largest absolute Gasteiger partial charge is 0.428 e. The van der Waals surface area contributed by atoms with E-state index in [0.29, 0.717) is 17.2 Å². The molecule has 19 heavy (non-hydrogen) atoms. The minimum atomic E-state index is -0.226. The highest BCUT2D eigenvalue weighted by Crippen LogP contribution is 2.44. The Morgan fingerprint density at radius 1 is 1.42 bits per heavy atom. The van der Waals surface area contributed by atoms with Crippen molar-refractivity contribution in [3.8, 4) is 0 Å². The van der Waals surface area contributed by atoms with Crippen LogP contribution in [-0.2, 0) is 0 Å². The molecule has 2 atom stereocenters. The number of rotatable bonds is 0. The summed E-state index contributed by atoms with van der Waals surface area (Å²) in [6.45, 7) is 4.16. The standard InChI is InChI=1S/C16H21NO2/c1-11-6-4-5-8-16(11)9-7-13-14(17(16)3)10-12(2)19-15(13)18/h7,9-11H,4-6,8H2,1-3H3/t11-,16+/m1/s1. The van der Waals surface area contributed by atoms with Gasteiger partial charge in [0.05, 0.1) is 16.8 Å². The van der Waals surface area contributed by atoms with Gasteiger partial charge in [-0.1, -0.05) is 25.8 Å². The van der Waals surface area contributed by atoms with Crippen LogP contribution in [0.1, 0.15) is 43.9 Å². The van der Waals surface area contributed by atoms with Gasteiger partial charge in [-0.15, -0.1) is 0 Å². The van der Waals surface area contributed by atoms with Crippen molar-refractivity contribution in [1.29, 1.82) is 0 Å². The van der Waals surface area contributed by atoms with Gasteiger partial charge >= 0.3 is 5.63 Å². The number of anilines is 1. The molecular weight excluding hydrogens is 238 g/mol. The van der Waals surface area contributed by atoms with Crippen molar-refractivity contribution in [3.05, 3.63) is 33.9 Å². The molecule has 0 bridgehead atoms. The van der Waals surface area contributed by atoms with Gasteiger partial charge in [-0.2, -0.15) is 0 Å². The molecule has 2 heterocycles. The second-order valence-corrected chi connectivity index (χ2v) is 5.97. The Morgan fingerprint density at radius 2 is 2.21 bits per heavy atom. The molecule has 0 N–H and O–H groups in total. The van der Waals surface area contributed by atoms with E-state index in [2.05, 4.69) is 24.9 Å². The van der Waals surface area contributed by atoms with Gasteiger partial charge < -0.3 is 9.32 Å². The molecule has 1 saturated carbocycles. The van der Waals surface area contributed by atoms with Crippen molar-refractivity contribution in [2.45, 2.75) is 45.1 Å². The second-order valence-electron chi connectivity index (χ2n) is 5.97. The average molecular weight is 259 g/mol. The maximum atomic E-state index is 11.9. The summed E-state index contributed by atoms with van der Waals surface area (Å²) in [4.78, 5) is 14.2. The molecule has 0 aromatic carbocycles. The first-order valence-corrected chi connectivity index (χ1v) is 7.12. The molecular formula is C16H21NO2. The summed E-state index contributed by atoms with van der Waals surface area (Å²) < 4.78 is 5.19. The van der Waals surface area contributed by atoms with Gasteiger partial charge in [0, 0.05) is 13.1 Å². The summed E-state index contributed by atoms with van der Waals surface area (Å²) >= 11 is 0. The Labute approximate surface area is 113 Å². The summed E-state index contributed by atoms with van der Waals surface area (Å²) in [7, 11) is 2.11. The Hall–Kier alpha value is -1.51. The number of hydrogen-bond donors (Lipinski definition) is 0. The van der Waals surface area contributed by atoms with E-state index in [1.807, 2.05) is 19.1 Å². The molecule has 2 aliphatic rings. The molecule has 3 rings (SSSR count). The van der Waals surface area contributed by atoms with E-state index < -0.39 is 0 Å². The summed E-state index contributed by atoms with van der Waals surface area (Å²) in [6, 6.07) is 1.99. The second kappa shape index (κ2) is 4.26. The monoisotopic (exact) mass is 259 g/mol. The van der Waals surface area contributed by atoms with E-state index in [0.717, 1.165) is 5.69 Å². The van der Waals surface area contributed by atoms with Crippen molar-refractivity contribution in [2.75, 3.05) is 11.9 Å². The summed E-state index contributed by atoms with van der Waals surface area (Å²) in [5.41, 5.74) is 1.56. The molecule has 1 aromatic heterocycles. The van der Waals surface area contributed by atoms with E-state index in [1.165, 1.54) is 25.7 Å². The first-order chi connectivity index (χ1) is 9.04. The lowest BCUT2D eigenvalue weighted by atomic mass is 9.71. The minimum Gasteiger partial charge on any atom is -0.428 e. The van der Waals surface area contributed by atoms with Gasteiger partial charge in [0.2, 0.25) is 0 Å². The van der Waals surface area contributed by atoms with Crippen LogP contribution in [0.5, 0.6) is 0 Å². The Balaban J connectivity index is 2.14. The van der Waals surface area contributed by atoms with Gasteiger partial charge in [0.1, 0.15) is 5.76 Å². The molecule has 1 aliphatic carbocycles. The predicted octanol–water partition coefficient (Wildman–Crippen LogP) is 3.36. The lowest BCUT2D eigenvalue weighted by Gasteiger charge is -2.50. The van der Waals surface area contributed by atoms with Crippen LogP contribution in [0, 0.1) is 12.8 Å². The van der Waals surface area contributed by atoms with Crippen molar-refractivity contribution < 1.29 is 4.42 Å². The zero-order valence-corrected chi connectivity index (χ0v) is 11.9. The summed E-state index contributed by atoms with van der Waals surface area (Å²) in [6.07, 6.45) is 9.19. The number of fused-ring (bicyclic) bond motifs is 1. The normalized spacial score (nSPS) is 29.6. The summed E-state index contributed by atoms with van der Waals surface area (Å²) in [5.74, 6) is 1.30. The summed E-state index contributed by atoms with van der Waals surface area (Å²) in [5, 5.41) is 0. The lowest BCUT2D eigenvalue weighted by Crippen LogP contribution is -2.53. The molecule has 3 heteroatoms. The molecule has 0 radical (unpaired) electrons. The Morgan fingerprint density at radius 3 is 2.95 bits per heavy atom. The zero-order chi connectivity index (χ0) is 13.6. The van der Waals surface area contributed by atoms with Crippen LogP contribution in [0.15, 0.2) is 21.4 Å². The molecule has 1 spiro atoms. The molecule has 0 saturated heterocycles. The van der Waals surface area contributed by atoms with Gasteiger partial charge in [0.15, 0.2) is 0 Å². The van der Waals surface area contributed by atoms with Crippen LogP contribution in [0.2, 0.25) is 0 Å². The van der Waals surface area contributed by atoms with Crippen LogP contribution in [0.4, 0.5) is 5.69 Å². The van der Waals surface area contributed by atoms with Crippen molar-refractivity contribution in [3.63, 3.8) is 0 Å². The van der Waals surface area contributed by atoms with Crippen LogP contribution >= 0.6 is 0 Å². The highest BCUT2D eigenvalue weighted by Gasteiger charge is 2.42. The average Bonchev–Trinajstić information content (AvgIpc) is 2.37. The van der Waals surface area contributed by atoms with E-state index in [-0.39, 0.29) is 11.2 Å². The molecule has 0 amide bonds. The third-order valence-electron chi connectivity index (χ3n) is 4.93. The van der Waals surface area contributed by atoms with E-state index in [1.54, 1.807) is 0 Å². The lowest BCUT2D eigenvalue weighted by molar-refractivity contribution is 0.247. The fourth-order valence-corrected chi connectivity index (χ4v) is 3.70.